The average molecular weight is 337 g/mol. The van der Waals surface area contributed by atoms with E-state index in [1.54, 1.807) is 20.3 Å². The Kier molecular flexibility index (Phi) is 6.43. The molecule has 0 unspecified atom stereocenters. The summed E-state index contributed by atoms with van der Waals surface area (Å²) in [5.41, 5.74) is 1.70. The summed E-state index contributed by atoms with van der Waals surface area (Å²) in [6, 6.07) is 7.36. The lowest BCUT2D eigenvalue weighted by Gasteiger charge is -2.11. The molecule has 23 heavy (non-hydrogen) atoms. The molecule has 0 spiro atoms. The van der Waals surface area contributed by atoms with Gasteiger partial charge < -0.3 is 20.1 Å². The van der Waals surface area contributed by atoms with Gasteiger partial charge in [-0.15, -0.1) is 0 Å². The van der Waals surface area contributed by atoms with Crippen molar-refractivity contribution in [3.05, 3.63) is 35.0 Å². The fourth-order valence-electron chi connectivity index (χ4n) is 2.02. The van der Waals surface area contributed by atoms with Gasteiger partial charge in [-0.1, -0.05) is 11.6 Å². The molecule has 6 nitrogen and oxygen atoms in total. The molecule has 0 aliphatic rings. The Balaban J connectivity index is 2.07. The predicted molar refractivity (Wildman–Crippen MR) is 93.0 cm³/mol. The second-order valence-corrected chi connectivity index (χ2v) is 5.37. The van der Waals surface area contributed by atoms with Gasteiger partial charge in [0.1, 0.15) is 11.6 Å². The highest BCUT2D eigenvalue weighted by Crippen LogP contribution is 2.28. The summed E-state index contributed by atoms with van der Waals surface area (Å²) in [5, 5.41) is 6.95. The van der Waals surface area contributed by atoms with Gasteiger partial charge in [0.15, 0.2) is 0 Å². The summed E-state index contributed by atoms with van der Waals surface area (Å²) >= 11 is 6.13. The zero-order valence-electron chi connectivity index (χ0n) is 13.5. The van der Waals surface area contributed by atoms with E-state index in [2.05, 4.69) is 20.6 Å². The van der Waals surface area contributed by atoms with Gasteiger partial charge in [0.25, 0.3) is 0 Å². The molecule has 1 aromatic carbocycles. The number of nitrogens with one attached hydrogen (secondary N) is 2. The summed E-state index contributed by atoms with van der Waals surface area (Å²) in [6.45, 7) is 3.38. The SMILES string of the molecule is COCCCNc1nc(C)cc(Nc2ccc(OC)c(Cl)c2)n1. The summed E-state index contributed by atoms with van der Waals surface area (Å²) in [6.07, 6.45) is 0.894. The van der Waals surface area contributed by atoms with E-state index in [9.17, 15) is 0 Å². The molecule has 2 aromatic rings. The van der Waals surface area contributed by atoms with Gasteiger partial charge in [-0.3, -0.25) is 0 Å². The van der Waals surface area contributed by atoms with Gasteiger partial charge in [-0.25, -0.2) is 4.98 Å². The molecule has 0 aliphatic heterocycles. The van der Waals surface area contributed by atoms with Crippen molar-refractivity contribution in [3.8, 4) is 5.75 Å². The normalized spacial score (nSPS) is 10.4. The molecule has 0 amide bonds. The Bertz CT molecular complexity index is 652. The number of halogens is 1. The van der Waals surface area contributed by atoms with Crippen molar-refractivity contribution < 1.29 is 9.47 Å². The Labute approximate surface area is 141 Å². The van der Waals surface area contributed by atoms with E-state index in [4.69, 9.17) is 21.1 Å². The minimum Gasteiger partial charge on any atom is -0.495 e. The Morgan fingerprint density at radius 2 is 2.00 bits per heavy atom. The van der Waals surface area contributed by atoms with Crippen LogP contribution in [0.3, 0.4) is 0 Å². The maximum atomic E-state index is 6.13. The molecule has 0 atom stereocenters. The molecule has 0 saturated heterocycles. The van der Waals surface area contributed by atoms with Crippen molar-refractivity contribution >= 4 is 29.1 Å². The van der Waals surface area contributed by atoms with Crippen LogP contribution < -0.4 is 15.4 Å². The Morgan fingerprint density at radius 3 is 2.70 bits per heavy atom. The number of ether oxygens (including phenoxy) is 2. The highest BCUT2D eigenvalue weighted by atomic mass is 35.5. The number of hydrogen-bond acceptors (Lipinski definition) is 6. The number of benzene rings is 1. The third-order valence-electron chi connectivity index (χ3n) is 3.09. The monoisotopic (exact) mass is 336 g/mol. The van der Waals surface area contributed by atoms with E-state index in [1.165, 1.54) is 0 Å². The second kappa shape index (κ2) is 8.55. The van der Waals surface area contributed by atoms with Crippen LogP contribution in [0.15, 0.2) is 24.3 Å². The molecule has 1 heterocycles. The fourth-order valence-corrected chi connectivity index (χ4v) is 2.28. The summed E-state index contributed by atoms with van der Waals surface area (Å²) in [5.74, 6) is 1.92. The molecule has 0 aliphatic carbocycles. The molecular formula is C16H21ClN4O2. The number of nitrogens with zero attached hydrogens (tertiary/aromatic N) is 2. The minimum atomic E-state index is 0.543. The minimum absolute atomic E-state index is 0.543. The topological polar surface area (TPSA) is 68.3 Å². The number of rotatable bonds is 8. The number of aryl methyl sites for hydroxylation is 1. The molecule has 2 rings (SSSR count). The van der Waals surface area contributed by atoms with Crippen molar-refractivity contribution in [1.82, 2.24) is 9.97 Å². The zero-order valence-corrected chi connectivity index (χ0v) is 14.3. The Hall–Kier alpha value is -2.05. The smallest absolute Gasteiger partial charge is 0.224 e. The molecule has 7 heteroatoms. The van der Waals surface area contributed by atoms with E-state index < -0.39 is 0 Å². The van der Waals surface area contributed by atoms with Crippen LogP contribution in [0.4, 0.5) is 17.5 Å². The fraction of sp³-hybridized carbons (Fsp3) is 0.375. The lowest BCUT2D eigenvalue weighted by atomic mass is 10.3. The first-order chi connectivity index (χ1) is 11.1. The molecular weight excluding hydrogens is 316 g/mol. The van der Waals surface area contributed by atoms with Crippen molar-refractivity contribution in [3.63, 3.8) is 0 Å². The van der Waals surface area contributed by atoms with Crippen LogP contribution in [-0.2, 0) is 4.74 Å². The van der Waals surface area contributed by atoms with E-state index >= 15 is 0 Å². The Morgan fingerprint density at radius 1 is 1.17 bits per heavy atom. The lowest BCUT2D eigenvalue weighted by Crippen LogP contribution is -2.09. The first kappa shape index (κ1) is 17.3. The second-order valence-electron chi connectivity index (χ2n) is 4.97. The first-order valence-corrected chi connectivity index (χ1v) is 7.69. The zero-order chi connectivity index (χ0) is 16.7. The van der Waals surface area contributed by atoms with Crippen molar-refractivity contribution in [2.45, 2.75) is 13.3 Å². The van der Waals surface area contributed by atoms with Crippen molar-refractivity contribution in [1.29, 1.82) is 0 Å². The number of methoxy groups -OCH3 is 2. The lowest BCUT2D eigenvalue weighted by molar-refractivity contribution is 0.197. The quantitative estimate of drug-likeness (QED) is 0.717. The van der Waals surface area contributed by atoms with Crippen LogP contribution in [0.25, 0.3) is 0 Å². The largest absolute Gasteiger partial charge is 0.495 e. The maximum Gasteiger partial charge on any atom is 0.224 e. The van der Waals surface area contributed by atoms with Gasteiger partial charge in [0.05, 0.1) is 12.1 Å². The third kappa shape index (κ3) is 5.26. The number of aromatic nitrogens is 2. The standard InChI is InChI=1S/C16H21ClN4O2/c1-11-9-15(21-16(19-11)18-7-4-8-22-2)20-12-5-6-14(23-3)13(17)10-12/h5-6,9-10H,4,7-8H2,1-3H3,(H2,18,19,20,21). The average Bonchev–Trinajstić information content (AvgIpc) is 2.51. The van der Waals surface area contributed by atoms with Gasteiger partial charge >= 0.3 is 0 Å². The maximum absolute atomic E-state index is 6.13. The highest BCUT2D eigenvalue weighted by molar-refractivity contribution is 6.32. The van der Waals surface area contributed by atoms with E-state index in [0.29, 0.717) is 29.1 Å². The molecule has 0 fully saturated rings. The van der Waals surface area contributed by atoms with Crippen LogP contribution in [0.5, 0.6) is 5.75 Å². The van der Waals surface area contributed by atoms with Crippen molar-refractivity contribution in [2.24, 2.45) is 0 Å². The van der Waals surface area contributed by atoms with E-state index in [0.717, 1.165) is 24.3 Å². The number of hydrogen-bond donors (Lipinski definition) is 2. The molecule has 2 N–H and O–H groups in total. The van der Waals surface area contributed by atoms with Gasteiger partial charge in [-0.2, -0.15) is 4.98 Å². The van der Waals surface area contributed by atoms with Gasteiger partial charge in [0.2, 0.25) is 5.95 Å². The molecule has 0 saturated carbocycles. The van der Waals surface area contributed by atoms with Crippen LogP contribution in [0.1, 0.15) is 12.1 Å². The molecule has 124 valence electrons. The molecule has 0 bridgehead atoms. The van der Waals surface area contributed by atoms with Gasteiger partial charge in [0, 0.05) is 37.7 Å². The number of anilines is 3. The van der Waals surface area contributed by atoms with E-state index in [1.807, 2.05) is 25.1 Å². The summed E-state index contributed by atoms with van der Waals surface area (Å²) in [7, 11) is 3.27. The van der Waals surface area contributed by atoms with Gasteiger partial charge in [-0.05, 0) is 31.5 Å². The first-order valence-electron chi connectivity index (χ1n) is 7.31. The van der Waals surface area contributed by atoms with Crippen LogP contribution in [0, 0.1) is 6.92 Å². The molecule has 0 radical (unpaired) electrons. The van der Waals surface area contributed by atoms with Crippen LogP contribution in [-0.4, -0.2) is 37.3 Å². The molecule has 1 aromatic heterocycles. The predicted octanol–water partition coefficient (Wildman–Crippen LogP) is 3.64. The summed E-state index contributed by atoms with van der Waals surface area (Å²) in [4.78, 5) is 8.82. The third-order valence-corrected chi connectivity index (χ3v) is 3.38. The van der Waals surface area contributed by atoms with Crippen LogP contribution in [0.2, 0.25) is 5.02 Å². The van der Waals surface area contributed by atoms with E-state index in [-0.39, 0.29) is 0 Å². The summed E-state index contributed by atoms with van der Waals surface area (Å²) < 4.78 is 10.2. The van der Waals surface area contributed by atoms with Crippen molar-refractivity contribution in [2.75, 3.05) is 38.0 Å². The van der Waals surface area contributed by atoms with Crippen LogP contribution >= 0.6 is 11.6 Å². The highest BCUT2D eigenvalue weighted by Gasteiger charge is 2.05.